The van der Waals surface area contributed by atoms with Gasteiger partial charge in [0.2, 0.25) is 0 Å². The normalized spacial score (nSPS) is 14.6. The first-order valence-electron chi connectivity index (χ1n) is 8.28. The van der Waals surface area contributed by atoms with Crippen LogP contribution in [0.1, 0.15) is 20.9 Å². The lowest BCUT2D eigenvalue weighted by molar-refractivity contribution is 0.0670. The number of carbonyl (C=O) groups is 1. The van der Waals surface area contributed by atoms with Crippen molar-refractivity contribution in [1.29, 1.82) is 0 Å². The highest BCUT2D eigenvalue weighted by Crippen LogP contribution is 2.38. The average molecular weight is 406 g/mol. The molecule has 2 N–H and O–H groups in total. The fraction of sp³-hybridized carbons (Fsp3) is 0.278. The molecule has 1 aliphatic rings. The molecule has 1 aliphatic heterocycles. The number of thiophene rings is 1. The van der Waals surface area contributed by atoms with E-state index in [0.717, 1.165) is 22.7 Å². The molecule has 1 amide bonds. The van der Waals surface area contributed by atoms with Crippen LogP contribution in [-0.2, 0) is 0 Å². The van der Waals surface area contributed by atoms with Gasteiger partial charge in [0, 0.05) is 34.7 Å². The first-order valence-corrected chi connectivity index (χ1v) is 9.97. The van der Waals surface area contributed by atoms with Crippen LogP contribution < -0.4 is 5.73 Å². The SMILES string of the molecule is Cc1nnc2sc(C(=O)N3CC(Sc4ccc(F)cc4F)C3)c(N)c2c1C. The number of likely N-dealkylation sites (tertiary alicyclic amines) is 1. The zero-order chi connectivity index (χ0) is 19.3. The highest BCUT2D eigenvalue weighted by molar-refractivity contribution is 8.00. The molecule has 0 atom stereocenters. The zero-order valence-corrected chi connectivity index (χ0v) is 16.3. The second-order valence-electron chi connectivity index (χ2n) is 6.46. The highest BCUT2D eigenvalue weighted by atomic mass is 32.2. The molecule has 5 nitrogen and oxygen atoms in total. The predicted molar refractivity (Wildman–Crippen MR) is 103 cm³/mol. The van der Waals surface area contributed by atoms with Crippen molar-refractivity contribution in [2.45, 2.75) is 24.0 Å². The van der Waals surface area contributed by atoms with Crippen LogP contribution in [0.2, 0.25) is 0 Å². The lowest BCUT2D eigenvalue weighted by atomic mass is 10.1. The molecule has 4 rings (SSSR count). The number of aromatic nitrogens is 2. The summed E-state index contributed by atoms with van der Waals surface area (Å²) in [5.41, 5.74) is 8.38. The molecule has 27 heavy (non-hydrogen) atoms. The van der Waals surface area contributed by atoms with Crippen molar-refractivity contribution >= 4 is 44.9 Å². The second-order valence-corrected chi connectivity index (χ2v) is 8.80. The maximum absolute atomic E-state index is 13.8. The molecule has 9 heteroatoms. The summed E-state index contributed by atoms with van der Waals surface area (Å²) in [6, 6.07) is 3.52. The van der Waals surface area contributed by atoms with Crippen LogP contribution in [0.15, 0.2) is 23.1 Å². The Balaban J connectivity index is 1.48. The summed E-state index contributed by atoms with van der Waals surface area (Å²) in [6.07, 6.45) is 0. The van der Waals surface area contributed by atoms with Crippen molar-refractivity contribution in [3.8, 4) is 0 Å². The molecule has 0 spiro atoms. The lowest BCUT2D eigenvalue weighted by Crippen LogP contribution is -2.51. The quantitative estimate of drug-likeness (QED) is 0.717. The Morgan fingerprint density at radius 1 is 1.30 bits per heavy atom. The molecule has 3 heterocycles. The van der Waals surface area contributed by atoms with Crippen LogP contribution in [0.5, 0.6) is 0 Å². The van der Waals surface area contributed by atoms with Gasteiger partial charge in [-0.25, -0.2) is 8.78 Å². The van der Waals surface area contributed by atoms with Gasteiger partial charge in [-0.1, -0.05) is 0 Å². The van der Waals surface area contributed by atoms with E-state index in [1.165, 1.54) is 35.2 Å². The van der Waals surface area contributed by atoms with Crippen LogP contribution in [0, 0.1) is 25.5 Å². The van der Waals surface area contributed by atoms with Gasteiger partial charge in [-0.15, -0.1) is 28.2 Å². The van der Waals surface area contributed by atoms with Gasteiger partial charge >= 0.3 is 0 Å². The minimum Gasteiger partial charge on any atom is -0.397 e. The summed E-state index contributed by atoms with van der Waals surface area (Å²) in [5, 5.41) is 9.08. The number of fused-ring (bicyclic) bond motifs is 1. The number of rotatable bonds is 3. The molecule has 0 bridgehead atoms. The topological polar surface area (TPSA) is 72.1 Å². The summed E-state index contributed by atoms with van der Waals surface area (Å²) < 4.78 is 26.8. The predicted octanol–water partition coefficient (Wildman–Crippen LogP) is 3.79. The van der Waals surface area contributed by atoms with Gasteiger partial charge in [0.05, 0.1) is 11.4 Å². The number of thioether (sulfide) groups is 1. The molecular weight excluding hydrogens is 390 g/mol. The fourth-order valence-electron chi connectivity index (χ4n) is 2.97. The van der Waals surface area contributed by atoms with Crippen molar-refractivity contribution in [1.82, 2.24) is 15.1 Å². The molecule has 1 fully saturated rings. The maximum atomic E-state index is 13.8. The third-order valence-electron chi connectivity index (χ3n) is 4.65. The van der Waals surface area contributed by atoms with E-state index in [2.05, 4.69) is 10.2 Å². The Labute approximate surface area is 162 Å². The maximum Gasteiger partial charge on any atom is 0.266 e. The number of hydrogen-bond acceptors (Lipinski definition) is 6. The zero-order valence-electron chi connectivity index (χ0n) is 14.6. The average Bonchev–Trinajstić information content (AvgIpc) is 2.92. The molecule has 140 valence electrons. The Morgan fingerprint density at radius 2 is 2.04 bits per heavy atom. The minimum atomic E-state index is -0.601. The lowest BCUT2D eigenvalue weighted by Gasteiger charge is -2.38. The van der Waals surface area contributed by atoms with Crippen LogP contribution >= 0.6 is 23.1 Å². The van der Waals surface area contributed by atoms with E-state index in [1.54, 1.807) is 4.90 Å². The Morgan fingerprint density at radius 3 is 2.74 bits per heavy atom. The summed E-state index contributed by atoms with van der Waals surface area (Å²) in [5.74, 6) is -1.33. The summed E-state index contributed by atoms with van der Waals surface area (Å²) in [4.78, 5) is 16.0. The van der Waals surface area contributed by atoms with Gasteiger partial charge in [-0.3, -0.25) is 4.79 Å². The van der Waals surface area contributed by atoms with Gasteiger partial charge in [0.15, 0.2) is 0 Å². The smallest absolute Gasteiger partial charge is 0.266 e. The van der Waals surface area contributed by atoms with Crippen molar-refractivity contribution in [3.63, 3.8) is 0 Å². The van der Waals surface area contributed by atoms with Crippen LogP contribution in [0.4, 0.5) is 14.5 Å². The summed E-state index contributed by atoms with van der Waals surface area (Å²) in [6.45, 7) is 4.73. The van der Waals surface area contributed by atoms with Crippen molar-refractivity contribution in [2.24, 2.45) is 0 Å². The molecule has 1 aromatic carbocycles. The van der Waals surface area contributed by atoms with Crippen molar-refractivity contribution in [2.75, 3.05) is 18.8 Å². The number of benzene rings is 1. The molecule has 0 aliphatic carbocycles. The van der Waals surface area contributed by atoms with Gasteiger partial charge in [-0.05, 0) is 31.5 Å². The number of hydrogen-bond donors (Lipinski definition) is 1. The number of nitrogens with two attached hydrogens (primary N) is 1. The molecule has 0 saturated carbocycles. The standard InChI is InChI=1S/C18H16F2N4OS2/c1-8-9(2)22-23-17-14(8)15(21)16(27-17)18(25)24-6-11(7-24)26-13-4-3-10(19)5-12(13)20/h3-5,11H,6-7,21H2,1-2H3. The van der Waals surface area contributed by atoms with E-state index in [0.29, 0.717) is 33.4 Å². The van der Waals surface area contributed by atoms with Gasteiger partial charge in [-0.2, -0.15) is 5.10 Å². The van der Waals surface area contributed by atoms with Crippen LogP contribution in [0.3, 0.4) is 0 Å². The Bertz CT molecular complexity index is 1060. The first kappa shape index (κ1) is 18.1. The fourth-order valence-corrected chi connectivity index (χ4v) is 5.23. The van der Waals surface area contributed by atoms with Crippen molar-refractivity contribution < 1.29 is 13.6 Å². The molecule has 0 unspecified atom stereocenters. The van der Waals surface area contributed by atoms with E-state index in [4.69, 9.17) is 5.73 Å². The minimum absolute atomic E-state index is 0.0632. The Hall–Kier alpha value is -2.26. The van der Waals surface area contributed by atoms with Crippen molar-refractivity contribution in [3.05, 3.63) is 46.0 Å². The third-order valence-corrected chi connectivity index (χ3v) is 6.95. The van der Waals surface area contributed by atoms with E-state index >= 15 is 0 Å². The van der Waals surface area contributed by atoms with Gasteiger partial charge in [0.1, 0.15) is 21.3 Å². The number of carbonyl (C=O) groups excluding carboxylic acids is 1. The molecule has 0 radical (unpaired) electrons. The molecule has 3 aromatic rings. The largest absolute Gasteiger partial charge is 0.397 e. The number of amides is 1. The molecule has 2 aromatic heterocycles. The van der Waals surface area contributed by atoms with Crippen LogP contribution in [0.25, 0.3) is 10.2 Å². The van der Waals surface area contributed by atoms with Gasteiger partial charge in [0.25, 0.3) is 5.91 Å². The van der Waals surface area contributed by atoms with Gasteiger partial charge < -0.3 is 10.6 Å². The number of anilines is 1. The van der Waals surface area contributed by atoms with E-state index in [-0.39, 0.29) is 11.2 Å². The van der Waals surface area contributed by atoms with E-state index < -0.39 is 11.6 Å². The summed E-state index contributed by atoms with van der Waals surface area (Å²) in [7, 11) is 0. The van der Waals surface area contributed by atoms with E-state index in [1.807, 2.05) is 13.8 Å². The first-order chi connectivity index (χ1) is 12.8. The number of aryl methyl sites for hydroxylation is 2. The highest BCUT2D eigenvalue weighted by Gasteiger charge is 2.34. The van der Waals surface area contributed by atoms with E-state index in [9.17, 15) is 13.6 Å². The van der Waals surface area contributed by atoms with Crippen LogP contribution in [-0.4, -0.2) is 39.3 Å². The summed E-state index contributed by atoms with van der Waals surface area (Å²) >= 11 is 2.55. The molecular formula is C18H16F2N4OS2. The second kappa shape index (κ2) is 6.72. The number of halogens is 2. The molecule has 1 saturated heterocycles. The Kier molecular flexibility index (Phi) is 4.51. The number of nitrogen functional groups attached to an aromatic ring is 1. The number of nitrogens with zero attached hydrogens (tertiary/aromatic N) is 3. The third kappa shape index (κ3) is 3.14. The monoisotopic (exact) mass is 406 g/mol.